The second-order valence-electron chi connectivity index (χ2n) is 6.74. The second kappa shape index (κ2) is 8.76. The number of rotatable bonds is 5. The van der Waals surface area contributed by atoms with Crippen LogP contribution >= 0.6 is 0 Å². The van der Waals surface area contributed by atoms with E-state index in [1.165, 1.54) is 36.4 Å². The van der Waals surface area contributed by atoms with Crippen LogP contribution in [0.15, 0.2) is 54.6 Å². The van der Waals surface area contributed by atoms with Crippen LogP contribution in [0.5, 0.6) is 5.75 Å². The van der Waals surface area contributed by atoms with Crippen LogP contribution < -0.4 is 15.0 Å². The Morgan fingerprint density at radius 2 is 1.61 bits per heavy atom. The highest BCUT2D eigenvalue weighted by atomic mass is 19.4. The molecule has 0 radical (unpaired) electrons. The van der Waals surface area contributed by atoms with Gasteiger partial charge in [-0.3, -0.25) is 0 Å². The fourth-order valence-electron chi connectivity index (χ4n) is 3.07. The lowest BCUT2D eigenvalue weighted by atomic mass is 10.2. The Balaban J connectivity index is 1.62. The minimum atomic E-state index is -4.75. The van der Waals surface area contributed by atoms with Crippen molar-refractivity contribution in [3.05, 3.63) is 60.4 Å². The molecule has 31 heavy (non-hydrogen) atoms. The van der Waals surface area contributed by atoms with Crippen LogP contribution in [0.2, 0.25) is 0 Å². The first kappa shape index (κ1) is 20.9. The van der Waals surface area contributed by atoms with Crippen molar-refractivity contribution in [1.29, 1.82) is 0 Å². The van der Waals surface area contributed by atoms with Gasteiger partial charge in [-0.05, 0) is 48.5 Å². The number of hydrogen-bond acceptors (Lipinski definition) is 6. The van der Waals surface area contributed by atoms with Crippen LogP contribution in [0.25, 0.3) is 11.4 Å². The molecule has 1 aliphatic heterocycles. The zero-order valence-corrected chi connectivity index (χ0v) is 16.2. The number of aromatic nitrogens is 2. The lowest BCUT2D eigenvalue weighted by Gasteiger charge is -2.28. The predicted octanol–water partition coefficient (Wildman–Crippen LogP) is 4.76. The molecule has 162 valence electrons. The third-order valence-corrected chi connectivity index (χ3v) is 4.51. The maximum absolute atomic E-state index is 13.3. The van der Waals surface area contributed by atoms with E-state index in [-0.39, 0.29) is 11.6 Å². The molecule has 1 saturated heterocycles. The zero-order valence-electron chi connectivity index (χ0n) is 16.2. The standard InChI is InChI=1S/C21H18F4N4O2/c22-15-3-1-14(2-4-15)20-27-18(13-19(28-20)29-9-11-30-12-10-29)26-16-5-7-17(8-6-16)31-21(23,24)25/h1-8,13H,9-12H2,(H,26,27,28). The highest BCUT2D eigenvalue weighted by Crippen LogP contribution is 2.28. The number of morpholine rings is 1. The average Bonchev–Trinajstić information content (AvgIpc) is 2.75. The molecule has 1 N–H and O–H groups in total. The van der Waals surface area contributed by atoms with Crippen molar-refractivity contribution >= 4 is 17.3 Å². The molecule has 1 aliphatic rings. The van der Waals surface area contributed by atoms with Crippen molar-refractivity contribution in [1.82, 2.24) is 9.97 Å². The van der Waals surface area contributed by atoms with Crippen molar-refractivity contribution in [2.75, 3.05) is 36.5 Å². The van der Waals surface area contributed by atoms with Crippen LogP contribution in [-0.4, -0.2) is 42.6 Å². The molecule has 10 heteroatoms. The summed E-state index contributed by atoms with van der Waals surface area (Å²) >= 11 is 0. The van der Waals surface area contributed by atoms with Crippen LogP contribution in [-0.2, 0) is 4.74 Å². The Morgan fingerprint density at radius 3 is 2.26 bits per heavy atom. The number of alkyl halides is 3. The summed E-state index contributed by atoms with van der Waals surface area (Å²) < 4.78 is 59.6. The molecule has 4 rings (SSSR count). The van der Waals surface area contributed by atoms with Crippen molar-refractivity contribution in [2.45, 2.75) is 6.36 Å². The summed E-state index contributed by atoms with van der Waals surface area (Å²) in [5.41, 5.74) is 1.15. The van der Waals surface area contributed by atoms with E-state index in [0.29, 0.717) is 55.0 Å². The van der Waals surface area contributed by atoms with Crippen LogP contribution in [0, 0.1) is 5.82 Å². The van der Waals surface area contributed by atoms with Gasteiger partial charge in [0.15, 0.2) is 5.82 Å². The van der Waals surface area contributed by atoms with Gasteiger partial charge in [-0.2, -0.15) is 0 Å². The Morgan fingerprint density at radius 1 is 0.935 bits per heavy atom. The summed E-state index contributed by atoms with van der Waals surface area (Å²) in [7, 11) is 0. The quantitative estimate of drug-likeness (QED) is 0.585. The van der Waals surface area contributed by atoms with Gasteiger partial charge in [0.25, 0.3) is 0 Å². The van der Waals surface area contributed by atoms with Crippen LogP contribution in [0.1, 0.15) is 0 Å². The molecule has 0 spiro atoms. The number of ether oxygens (including phenoxy) is 2. The first-order valence-corrected chi connectivity index (χ1v) is 9.46. The first-order chi connectivity index (χ1) is 14.9. The van der Waals surface area contributed by atoms with E-state index < -0.39 is 6.36 Å². The third kappa shape index (κ3) is 5.60. The SMILES string of the molecule is Fc1ccc(-c2nc(Nc3ccc(OC(F)(F)F)cc3)cc(N3CCOCC3)n2)cc1. The van der Waals surface area contributed by atoms with Gasteiger partial charge in [0, 0.05) is 30.4 Å². The lowest BCUT2D eigenvalue weighted by molar-refractivity contribution is -0.274. The van der Waals surface area contributed by atoms with E-state index in [9.17, 15) is 17.6 Å². The molecule has 6 nitrogen and oxygen atoms in total. The Labute approximate surface area is 175 Å². The molecule has 1 aromatic heterocycles. The highest BCUT2D eigenvalue weighted by Gasteiger charge is 2.31. The average molecular weight is 434 g/mol. The maximum atomic E-state index is 13.3. The normalized spacial score (nSPS) is 14.4. The van der Waals surface area contributed by atoms with Crippen LogP contribution in [0.3, 0.4) is 0 Å². The third-order valence-electron chi connectivity index (χ3n) is 4.51. The van der Waals surface area contributed by atoms with E-state index >= 15 is 0 Å². The minimum absolute atomic E-state index is 0.318. The number of nitrogens with one attached hydrogen (secondary N) is 1. The van der Waals surface area contributed by atoms with Gasteiger partial charge in [-0.15, -0.1) is 13.2 Å². The molecule has 2 heterocycles. The summed E-state index contributed by atoms with van der Waals surface area (Å²) in [6, 6.07) is 12.9. The Hall–Kier alpha value is -3.40. The van der Waals surface area contributed by atoms with Crippen molar-refractivity contribution < 1.29 is 27.0 Å². The molecule has 0 unspecified atom stereocenters. The number of nitrogens with zero attached hydrogens (tertiary/aromatic N) is 3. The molecule has 2 aromatic carbocycles. The summed E-state index contributed by atoms with van der Waals surface area (Å²) in [5, 5.41) is 3.08. The van der Waals surface area contributed by atoms with E-state index in [4.69, 9.17) is 4.74 Å². The summed E-state index contributed by atoms with van der Waals surface area (Å²) in [5.74, 6) is 0.815. The van der Waals surface area contributed by atoms with E-state index in [2.05, 4.69) is 20.0 Å². The number of hydrogen-bond donors (Lipinski definition) is 1. The van der Waals surface area contributed by atoms with Gasteiger partial charge < -0.3 is 19.7 Å². The number of halogens is 4. The monoisotopic (exact) mass is 434 g/mol. The minimum Gasteiger partial charge on any atom is -0.406 e. The van der Waals surface area contributed by atoms with Gasteiger partial charge in [-0.25, -0.2) is 14.4 Å². The van der Waals surface area contributed by atoms with Gasteiger partial charge in [-0.1, -0.05) is 0 Å². The number of benzene rings is 2. The Kier molecular flexibility index (Phi) is 5.90. The van der Waals surface area contributed by atoms with E-state index in [1.54, 1.807) is 18.2 Å². The van der Waals surface area contributed by atoms with Crippen molar-refractivity contribution in [3.8, 4) is 17.1 Å². The largest absolute Gasteiger partial charge is 0.573 e. The molecular formula is C21H18F4N4O2. The molecule has 0 aliphatic carbocycles. The molecule has 0 atom stereocenters. The van der Waals surface area contributed by atoms with Gasteiger partial charge in [0.05, 0.1) is 13.2 Å². The van der Waals surface area contributed by atoms with Gasteiger partial charge >= 0.3 is 6.36 Å². The Bertz CT molecular complexity index is 1020. The second-order valence-corrected chi connectivity index (χ2v) is 6.74. The fraction of sp³-hybridized carbons (Fsp3) is 0.238. The lowest BCUT2D eigenvalue weighted by Crippen LogP contribution is -2.36. The first-order valence-electron chi connectivity index (χ1n) is 9.46. The van der Waals surface area contributed by atoms with Gasteiger partial charge in [0.2, 0.25) is 0 Å². The maximum Gasteiger partial charge on any atom is 0.573 e. The molecule has 0 bridgehead atoms. The van der Waals surface area contributed by atoms with Crippen molar-refractivity contribution in [3.63, 3.8) is 0 Å². The summed E-state index contributed by atoms with van der Waals surface area (Å²) in [6.07, 6.45) is -4.75. The van der Waals surface area contributed by atoms with Crippen molar-refractivity contribution in [2.24, 2.45) is 0 Å². The molecule has 0 saturated carbocycles. The molecule has 3 aromatic rings. The topological polar surface area (TPSA) is 59.5 Å². The van der Waals surface area contributed by atoms with Gasteiger partial charge in [0.1, 0.15) is 23.2 Å². The fourth-order valence-corrected chi connectivity index (χ4v) is 3.07. The summed E-state index contributed by atoms with van der Waals surface area (Å²) in [4.78, 5) is 11.1. The van der Waals surface area contributed by atoms with Crippen LogP contribution in [0.4, 0.5) is 34.9 Å². The van der Waals surface area contributed by atoms with E-state index in [1.807, 2.05) is 4.90 Å². The molecular weight excluding hydrogens is 416 g/mol. The number of anilines is 3. The zero-order chi connectivity index (χ0) is 21.8. The highest BCUT2D eigenvalue weighted by molar-refractivity contribution is 5.66. The summed E-state index contributed by atoms with van der Waals surface area (Å²) in [6.45, 7) is 2.45. The molecule has 1 fully saturated rings. The predicted molar refractivity (Wildman–Crippen MR) is 107 cm³/mol. The molecule has 0 amide bonds. The van der Waals surface area contributed by atoms with E-state index in [0.717, 1.165) is 0 Å². The smallest absolute Gasteiger partial charge is 0.406 e.